The molecule has 3 N–H and O–H groups in total. The van der Waals surface area contributed by atoms with Crippen molar-refractivity contribution in [2.24, 2.45) is 11.7 Å². The van der Waals surface area contributed by atoms with Crippen LogP contribution in [0.1, 0.15) is 18.4 Å². The maximum Gasteiger partial charge on any atom is 0.240 e. The number of rotatable bonds is 5. The average molecular weight is 344 g/mol. The van der Waals surface area contributed by atoms with E-state index in [9.17, 15) is 8.42 Å². The van der Waals surface area contributed by atoms with Gasteiger partial charge >= 0.3 is 0 Å². The summed E-state index contributed by atoms with van der Waals surface area (Å²) >= 11 is 3.20. The Balaban J connectivity index is 2.28. The maximum atomic E-state index is 12.3. The smallest absolute Gasteiger partial charge is 0.240 e. The third-order valence-corrected chi connectivity index (χ3v) is 4.99. The van der Waals surface area contributed by atoms with Crippen LogP contribution in [0.25, 0.3) is 0 Å². The molecular formula is C12H14BrN3O2S. The molecule has 2 rings (SSSR count). The first-order chi connectivity index (χ1) is 8.96. The fraction of sp³-hybridized carbons (Fsp3) is 0.417. The molecule has 1 aromatic rings. The first-order valence-electron chi connectivity index (χ1n) is 5.89. The normalized spacial score (nSPS) is 16.9. The van der Waals surface area contributed by atoms with Gasteiger partial charge in [-0.1, -0.05) is 15.9 Å². The lowest BCUT2D eigenvalue weighted by atomic mass is 10.2. The number of hydrogen-bond donors (Lipinski definition) is 2. The highest BCUT2D eigenvalue weighted by atomic mass is 79.9. The number of hydrogen-bond acceptors (Lipinski definition) is 4. The van der Waals surface area contributed by atoms with E-state index in [1.54, 1.807) is 6.07 Å². The van der Waals surface area contributed by atoms with Crippen LogP contribution < -0.4 is 10.5 Å². The molecule has 0 heterocycles. The SMILES string of the molecule is N#Cc1cc(Br)cc(S(=O)(=O)NC(CN)C2CC2)c1. The summed E-state index contributed by atoms with van der Waals surface area (Å²) in [7, 11) is -3.64. The van der Waals surface area contributed by atoms with Gasteiger partial charge < -0.3 is 5.73 Å². The predicted octanol–water partition coefficient (Wildman–Crippen LogP) is 1.34. The van der Waals surface area contributed by atoms with Crippen LogP contribution in [-0.2, 0) is 10.0 Å². The Morgan fingerprint density at radius 3 is 2.68 bits per heavy atom. The molecule has 5 nitrogen and oxygen atoms in total. The first-order valence-corrected chi connectivity index (χ1v) is 8.17. The van der Waals surface area contributed by atoms with E-state index < -0.39 is 10.0 Å². The van der Waals surface area contributed by atoms with Gasteiger partial charge in [-0.15, -0.1) is 0 Å². The lowest BCUT2D eigenvalue weighted by Crippen LogP contribution is -2.41. The van der Waals surface area contributed by atoms with Crippen molar-refractivity contribution in [1.82, 2.24) is 4.72 Å². The van der Waals surface area contributed by atoms with Crippen molar-refractivity contribution in [3.63, 3.8) is 0 Å². The van der Waals surface area contributed by atoms with Gasteiger partial charge in [0.25, 0.3) is 0 Å². The monoisotopic (exact) mass is 343 g/mol. The zero-order chi connectivity index (χ0) is 14.0. The van der Waals surface area contributed by atoms with Crippen LogP contribution in [0.4, 0.5) is 0 Å². The summed E-state index contributed by atoms with van der Waals surface area (Å²) in [6.45, 7) is 0.281. The minimum atomic E-state index is -3.64. The number of benzene rings is 1. The van der Waals surface area contributed by atoms with Gasteiger partial charge in [0.2, 0.25) is 10.0 Å². The third-order valence-electron chi connectivity index (χ3n) is 3.06. The summed E-state index contributed by atoms with van der Waals surface area (Å²) < 4.78 is 27.7. The van der Waals surface area contributed by atoms with Crippen molar-refractivity contribution < 1.29 is 8.42 Å². The van der Waals surface area contributed by atoms with Crippen LogP contribution in [0, 0.1) is 17.2 Å². The minimum Gasteiger partial charge on any atom is -0.329 e. The Morgan fingerprint density at radius 1 is 1.47 bits per heavy atom. The van der Waals surface area contributed by atoms with Gasteiger partial charge in [0.05, 0.1) is 16.5 Å². The molecule has 1 atom stereocenters. The second kappa shape index (κ2) is 5.59. The summed E-state index contributed by atoms with van der Waals surface area (Å²) in [6.07, 6.45) is 2.01. The van der Waals surface area contributed by atoms with E-state index in [1.807, 2.05) is 6.07 Å². The Hall–Kier alpha value is -0.940. The van der Waals surface area contributed by atoms with Crippen LogP contribution in [0.5, 0.6) is 0 Å². The molecule has 102 valence electrons. The van der Waals surface area contributed by atoms with Crippen LogP contribution in [0.2, 0.25) is 0 Å². The van der Waals surface area contributed by atoms with E-state index in [1.165, 1.54) is 12.1 Å². The Labute approximate surface area is 121 Å². The molecule has 19 heavy (non-hydrogen) atoms. The number of nitrogens with one attached hydrogen (secondary N) is 1. The number of nitrogens with zero attached hydrogens (tertiary/aromatic N) is 1. The molecule has 1 unspecified atom stereocenters. The van der Waals surface area contributed by atoms with Gasteiger partial charge in [-0.25, -0.2) is 13.1 Å². The fourth-order valence-electron chi connectivity index (χ4n) is 1.89. The van der Waals surface area contributed by atoms with E-state index in [4.69, 9.17) is 11.0 Å². The quantitative estimate of drug-likeness (QED) is 0.842. The van der Waals surface area contributed by atoms with Crippen LogP contribution in [0.3, 0.4) is 0 Å². The highest BCUT2D eigenvalue weighted by Crippen LogP contribution is 2.33. The molecule has 1 aromatic carbocycles. The fourth-order valence-corrected chi connectivity index (χ4v) is 3.92. The van der Waals surface area contributed by atoms with E-state index in [-0.39, 0.29) is 17.5 Å². The lowest BCUT2D eigenvalue weighted by molar-refractivity contribution is 0.519. The van der Waals surface area contributed by atoms with Gasteiger partial charge in [0.1, 0.15) is 0 Å². The average Bonchev–Trinajstić information content (AvgIpc) is 3.19. The zero-order valence-corrected chi connectivity index (χ0v) is 12.5. The zero-order valence-electron chi connectivity index (χ0n) is 10.1. The molecule has 1 aliphatic carbocycles. The third kappa shape index (κ3) is 3.54. The molecule has 1 saturated carbocycles. The Bertz CT molecular complexity index is 620. The number of halogens is 1. The highest BCUT2D eigenvalue weighted by Gasteiger charge is 2.33. The van der Waals surface area contributed by atoms with Crippen LogP contribution in [-0.4, -0.2) is 21.0 Å². The lowest BCUT2D eigenvalue weighted by Gasteiger charge is -2.16. The van der Waals surface area contributed by atoms with E-state index in [0.717, 1.165) is 12.8 Å². The molecule has 0 aliphatic heterocycles. The summed E-state index contributed by atoms with van der Waals surface area (Å²) in [5, 5.41) is 8.87. The van der Waals surface area contributed by atoms with Crippen molar-refractivity contribution in [2.75, 3.05) is 6.54 Å². The van der Waals surface area contributed by atoms with Gasteiger partial charge in [0.15, 0.2) is 0 Å². The molecule has 0 spiro atoms. The molecule has 0 aromatic heterocycles. The van der Waals surface area contributed by atoms with Crippen LogP contribution >= 0.6 is 15.9 Å². The molecular weight excluding hydrogens is 330 g/mol. The second-order valence-electron chi connectivity index (χ2n) is 4.59. The van der Waals surface area contributed by atoms with Crippen molar-refractivity contribution >= 4 is 26.0 Å². The molecule has 0 amide bonds. The number of nitriles is 1. The van der Waals surface area contributed by atoms with Crippen molar-refractivity contribution in [3.8, 4) is 6.07 Å². The van der Waals surface area contributed by atoms with Gasteiger partial charge in [-0.05, 0) is 37.0 Å². The highest BCUT2D eigenvalue weighted by molar-refractivity contribution is 9.10. The first kappa shape index (κ1) is 14.5. The molecule has 1 aliphatic rings. The van der Waals surface area contributed by atoms with E-state index in [2.05, 4.69) is 20.7 Å². The molecule has 0 bridgehead atoms. The largest absolute Gasteiger partial charge is 0.329 e. The summed E-state index contributed by atoms with van der Waals surface area (Å²) in [6, 6.07) is 6.11. The topological polar surface area (TPSA) is 96.0 Å². The standard InChI is InChI=1S/C12H14BrN3O2S/c13-10-3-8(6-14)4-11(5-10)19(17,18)16-12(7-15)9-1-2-9/h3-5,9,12,16H,1-2,7,15H2. The summed E-state index contributed by atoms with van der Waals surface area (Å²) in [5.74, 6) is 0.336. The second-order valence-corrected chi connectivity index (χ2v) is 7.22. The van der Waals surface area contributed by atoms with Crippen molar-refractivity contribution in [3.05, 3.63) is 28.2 Å². The van der Waals surface area contributed by atoms with Gasteiger partial charge in [-0.3, -0.25) is 0 Å². The number of sulfonamides is 1. The van der Waals surface area contributed by atoms with Crippen LogP contribution in [0.15, 0.2) is 27.6 Å². The maximum absolute atomic E-state index is 12.3. The molecule has 0 saturated heterocycles. The van der Waals surface area contributed by atoms with Gasteiger partial charge in [-0.2, -0.15) is 5.26 Å². The summed E-state index contributed by atoms with van der Waals surface area (Å²) in [4.78, 5) is 0.0810. The molecule has 1 fully saturated rings. The predicted molar refractivity (Wildman–Crippen MR) is 74.7 cm³/mol. The Morgan fingerprint density at radius 2 is 2.16 bits per heavy atom. The number of nitrogens with two attached hydrogens (primary N) is 1. The van der Waals surface area contributed by atoms with Gasteiger partial charge in [0, 0.05) is 17.1 Å². The molecule has 7 heteroatoms. The summed E-state index contributed by atoms with van der Waals surface area (Å²) in [5.41, 5.74) is 5.89. The van der Waals surface area contributed by atoms with Crippen molar-refractivity contribution in [1.29, 1.82) is 5.26 Å². The minimum absolute atomic E-state index is 0.0810. The van der Waals surface area contributed by atoms with Crippen molar-refractivity contribution in [2.45, 2.75) is 23.8 Å². The molecule has 0 radical (unpaired) electrons. The van der Waals surface area contributed by atoms with E-state index in [0.29, 0.717) is 16.0 Å². The van der Waals surface area contributed by atoms with E-state index >= 15 is 0 Å². The Kier molecular flexibility index (Phi) is 4.26.